The molecule has 132 valence electrons. The fourth-order valence-electron chi connectivity index (χ4n) is 2.32. The lowest BCUT2D eigenvalue weighted by molar-refractivity contribution is 0.102. The Balaban J connectivity index is 1.71. The molecule has 1 aromatic heterocycles. The van der Waals surface area contributed by atoms with Gasteiger partial charge in [0.25, 0.3) is 5.91 Å². The molecule has 3 rings (SSSR count). The Kier molecular flexibility index (Phi) is 4.88. The molecule has 0 bridgehead atoms. The number of halogens is 2. The molecule has 7 heteroatoms. The van der Waals surface area contributed by atoms with E-state index < -0.39 is 17.5 Å². The van der Waals surface area contributed by atoms with Gasteiger partial charge in [-0.05, 0) is 62.4 Å². The molecule has 2 aromatic carbocycles. The Morgan fingerprint density at radius 1 is 0.962 bits per heavy atom. The van der Waals surface area contributed by atoms with E-state index in [4.69, 9.17) is 4.74 Å². The molecule has 0 saturated heterocycles. The van der Waals surface area contributed by atoms with Crippen molar-refractivity contribution in [3.05, 3.63) is 77.1 Å². The summed E-state index contributed by atoms with van der Waals surface area (Å²) in [6, 6.07) is 11.1. The highest BCUT2D eigenvalue weighted by atomic mass is 19.1. The molecular formula is C19H15F2N3O2. The van der Waals surface area contributed by atoms with E-state index >= 15 is 0 Å². The van der Waals surface area contributed by atoms with E-state index in [1.54, 1.807) is 24.3 Å². The lowest BCUT2D eigenvalue weighted by Crippen LogP contribution is -2.14. The van der Waals surface area contributed by atoms with E-state index in [9.17, 15) is 13.6 Å². The van der Waals surface area contributed by atoms with Crippen LogP contribution in [0.15, 0.2) is 48.5 Å². The first-order valence-corrected chi connectivity index (χ1v) is 7.77. The zero-order chi connectivity index (χ0) is 18.7. The van der Waals surface area contributed by atoms with Gasteiger partial charge in [0, 0.05) is 17.1 Å². The quantitative estimate of drug-likeness (QED) is 0.753. The molecule has 26 heavy (non-hydrogen) atoms. The lowest BCUT2D eigenvalue weighted by atomic mass is 10.2. The van der Waals surface area contributed by atoms with E-state index in [0.717, 1.165) is 29.6 Å². The summed E-state index contributed by atoms with van der Waals surface area (Å²) in [6.07, 6.45) is 0. The molecule has 0 aliphatic heterocycles. The number of carbonyl (C=O) groups is 1. The minimum Gasteiger partial charge on any atom is -0.424 e. The maximum absolute atomic E-state index is 13.6. The first-order valence-electron chi connectivity index (χ1n) is 7.77. The smallest absolute Gasteiger partial charge is 0.322 e. The van der Waals surface area contributed by atoms with Gasteiger partial charge in [0.15, 0.2) is 0 Å². The second kappa shape index (κ2) is 7.26. The molecule has 0 atom stereocenters. The van der Waals surface area contributed by atoms with Crippen molar-refractivity contribution < 1.29 is 18.3 Å². The fourth-order valence-corrected chi connectivity index (χ4v) is 2.32. The summed E-state index contributed by atoms with van der Waals surface area (Å²) in [6.45, 7) is 3.68. The van der Waals surface area contributed by atoms with Crippen molar-refractivity contribution in [3.8, 4) is 11.8 Å². The highest BCUT2D eigenvalue weighted by Gasteiger charge is 2.13. The minimum atomic E-state index is -0.796. The van der Waals surface area contributed by atoms with Crippen LogP contribution in [0, 0.1) is 25.5 Å². The molecule has 0 aliphatic carbocycles. The molecule has 0 radical (unpaired) electrons. The van der Waals surface area contributed by atoms with Crippen molar-refractivity contribution >= 4 is 11.6 Å². The molecule has 1 N–H and O–H groups in total. The Labute approximate surface area is 148 Å². The number of benzene rings is 2. The van der Waals surface area contributed by atoms with E-state index in [1.807, 2.05) is 19.9 Å². The first-order chi connectivity index (χ1) is 12.4. The van der Waals surface area contributed by atoms with Crippen LogP contribution < -0.4 is 10.1 Å². The second-order valence-electron chi connectivity index (χ2n) is 5.64. The molecule has 0 fully saturated rings. The Bertz CT molecular complexity index is 939. The van der Waals surface area contributed by atoms with Gasteiger partial charge in [0.2, 0.25) is 0 Å². The Hall–Kier alpha value is -3.35. The second-order valence-corrected chi connectivity index (χ2v) is 5.64. The van der Waals surface area contributed by atoms with E-state index in [0.29, 0.717) is 11.4 Å². The molecular weight excluding hydrogens is 340 g/mol. The number of ether oxygens (including phenoxy) is 1. The van der Waals surface area contributed by atoms with Crippen LogP contribution in [-0.2, 0) is 0 Å². The standard InChI is InChI=1S/C19H15F2N3O2/c1-11-9-12(2)23-19(22-11)26-15-6-4-14(5-7-15)24-18(25)16-10-13(20)3-8-17(16)21/h3-10H,1-2H3,(H,24,25). The minimum absolute atomic E-state index is 0.223. The van der Waals surface area contributed by atoms with E-state index in [2.05, 4.69) is 15.3 Å². The summed E-state index contributed by atoms with van der Waals surface area (Å²) in [7, 11) is 0. The fraction of sp³-hybridized carbons (Fsp3) is 0.105. The third-order valence-electron chi connectivity index (χ3n) is 3.46. The summed E-state index contributed by atoms with van der Waals surface area (Å²) in [4.78, 5) is 20.4. The van der Waals surface area contributed by atoms with Gasteiger partial charge in [-0.15, -0.1) is 0 Å². The predicted molar refractivity (Wildman–Crippen MR) is 92.3 cm³/mol. The van der Waals surface area contributed by atoms with Crippen LogP contribution in [0.25, 0.3) is 0 Å². The lowest BCUT2D eigenvalue weighted by Gasteiger charge is -2.08. The monoisotopic (exact) mass is 355 g/mol. The van der Waals surface area contributed by atoms with Gasteiger partial charge < -0.3 is 10.1 Å². The molecule has 0 aliphatic rings. The van der Waals surface area contributed by atoms with Gasteiger partial charge in [-0.25, -0.2) is 18.7 Å². The molecule has 0 spiro atoms. The number of anilines is 1. The number of rotatable bonds is 4. The van der Waals surface area contributed by atoms with Gasteiger partial charge in [0.1, 0.15) is 17.4 Å². The van der Waals surface area contributed by atoms with E-state index in [-0.39, 0.29) is 11.6 Å². The molecule has 0 saturated carbocycles. The van der Waals surface area contributed by atoms with Crippen molar-refractivity contribution in [1.29, 1.82) is 0 Å². The SMILES string of the molecule is Cc1cc(C)nc(Oc2ccc(NC(=O)c3cc(F)ccc3F)cc2)n1. The third-order valence-corrected chi connectivity index (χ3v) is 3.46. The van der Waals surface area contributed by atoms with Gasteiger partial charge in [0.05, 0.1) is 5.56 Å². The van der Waals surface area contributed by atoms with Crippen LogP contribution in [0.2, 0.25) is 0 Å². The van der Waals surface area contributed by atoms with Crippen LogP contribution in [0.5, 0.6) is 11.8 Å². The summed E-state index contributed by atoms with van der Waals surface area (Å²) < 4.78 is 32.4. The van der Waals surface area contributed by atoms with Crippen LogP contribution in [0.1, 0.15) is 21.7 Å². The normalized spacial score (nSPS) is 10.5. The first kappa shape index (κ1) is 17.5. The van der Waals surface area contributed by atoms with Crippen molar-refractivity contribution in [2.45, 2.75) is 13.8 Å². The molecule has 5 nitrogen and oxygen atoms in total. The number of nitrogens with one attached hydrogen (secondary N) is 1. The van der Waals surface area contributed by atoms with Gasteiger partial charge in [-0.2, -0.15) is 0 Å². The summed E-state index contributed by atoms with van der Waals surface area (Å²) in [5.74, 6) is -1.75. The molecule has 3 aromatic rings. The maximum atomic E-state index is 13.6. The maximum Gasteiger partial charge on any atom is 0.322 e. The van der Waals surface area contributed by atoms with Crippen molar-refractivity contribution in [3.63, 3.8) is 0 Å². The van der Waals surface area contributed by atoms with Gasteiger partial charge in [-0.3, -0.25) is 4.79 Å². The zero-order valence-electron chi connectivity index (χ0n) is 14.1. The molecule has 1 amide bonds. The molecule has 1 heterocycles. The Morgan fingerprint density at radius 3 is 2.27 bits per heavy atom. The van der Waals surface area contributed by atoms with Crippen molar-refractivity contribution in [1.82, 2.24) is 9.97 Å². The summed E-state index contributed by atoms with van der Waals surface area (Å²) >= 11 is 0. The number of hydrogen-bond donors (Lipinski definition) is 1. The van der Waals surface area contributed by atoms with Crippen LogP contribution in [0.3, 0.4) is 0 Å². The average Bonchev–Trinajstić information content (AvgIpc) is 2.58. The van der Waals surface area contributed by atoms with Crippen LogP contribution in [0.4, 0.5) is 14.5 Å². The number of carbonyl (C=O) groups excluding carboxylic acids is 1. The Morgan fingerprint density at radius 2 is 1.62 bits per heavy atom. The molecule has 0 unspecified atom stereocenters. The summed E-state index contributed by atoms with van der Waals surface area (Å²) in [5, 5.41) is 2.50. The van der Waals surface area contributed by atoms with Crippen molar-refractivity contribution in [2.75, 3.05) is 5.32 Å². The van der Waals surface area contributed by atoms with Crippen LogP contribution in [-0.4, -0.2) is 15.9 Å². The number of amides is 1. The number of aryl methyl sites for hydroxylation is 2. The highest BCUT2D eigenvalue weighted by molar-refractivity contribution is 6.04. The van der Waals surface area contributed by atoms with Gasteiger partial charge in [-0.1, -0.05) is 0 Å². The largest absolute Gasteiger partial charge is 0.424 e. The topological polar surface area (TPSA) is 64.1 Å². The number of hydrogen-bond acceptors (Lipinski definition) is 4. The summed E-state index contributed by atoms with van der Waals surface area (Å²) in [5.41, 5.74) is 1.61. The zero-order valence-corrected chi connectivity index (χ0v) is 14.1. The van der Waals surface area contributed by atoms with Crippen LogP contribution >= 0.6 is 0 Å². The van der Waals surface area contributed by atoms with Gasteiger partial charge >= 0.3 is 6.01 Å². The average molecular weight is 355 g/mol. The van der Waals surface area contributed by atoms with E-state index in [1.165, 1.54) is 0 Å². The third kappa shape index (κ3) is 4.18. The predicted octanol–water partition coefficient (Wildman–Crippen LogP) is 4.42. The number of nitrogens with zero attached hydrogens (tertiary/aromatic N) is 2. The van der Waals surface area contributed by atoms with Crippen molar-refractivity contribution in [2.24, 2.45) is 0 Å². The number of aromatic nitrogens is 2. The highest BCUT2D eigenvalue weighted by Crippen LogP contribution is 2.21.